The van der Waals surface area contributed by atoms with E-state index in [1.807, 2.05) is 5.92 Å². The van der Waals surface area contributed by atoms with Crippen molar-refractivity contribution in [1.29, 1.82) is 0 Å². The molecule has 212 valence electrons. The second-order valence-electron chi connectivity index (χ2n) is 13.0. The third-order valence-electron chi connectivity index (χ3n) is 11.4. The number of nitrogens with one attached hydrogen (secondary N) is 2. The Hall–Kier alpha value is -0.700. The van der Waals surface area contributed by atoms with E-state index in [1.54, 1.807) is 44.9 Å². The lowest BCUT2D eigenvalue weighted by Crippen LogP contribution is -2.55. The molecule has 4 nitrogen and oxygen atoms in total. The van der Waals surface area contributed by atoms with Crippen LogP contribution in [-0.2, 0) is 9.53 Å². The van der Waals surface area contributed by atoms with Crippen LogP contribution in [0, 0.1) is 58.7 Å². The van der Waals surface area contributed by atoms with Gasteiger partial charge < -0.3 is 10.1 Å². The minimum Gasteiger partial charge on any atom is -0.378 e. The van der Waals surface area contributed by atoms with Crippen molar-refractivity contribution in [2.75, 3.05) is 26.3 Å². The number of terminal acetylenes is 1. The van der Waals surface area contributed by atoms with Crippen LogP contribution in [0.4, 0.5) is 0 Å². The summed E-state index contributed by atoms with van der Waals surface area (Å²) in [6.45, 7) is 12.5. The smallest absolute Gasteiger partial charge is 0.295 e. The number of rotatable bonds is 10. The monoisotopic (exact) mass is 532 g/mol. The molecule has 37 heavy (non-hydrogen) atoms. The Balaban J connectivity index is 0.000000270. The highest BCUT2D eigenvalue weighted by atomic mass is 32.1. The van der Waals surface area contributed by atoms with Crippen LogP contribution >= 0.6 is 12.8 Å². The number of carbonyl (C=O) groups excluding carboxylic acids is 1. The molecule has 5 heteroatoms. The maximum atomic E-state index is 10.5. The molecular weight excluding hydrogens is 476 g/mol. The fraction of sp³-hybridized carbons (Fsp3) is 0.906. The van der Waals surface area contributed by atoms with Crippen molar-refractivity contribution >= 4 is 18.7 Å². The van der Waals surface area contributed by atoms with Crippen LogP contribution in [-0.4, -0.2) is 32.2 Å². The van der Waals surface area contributed by atoms with Gasteiger partial charge in [-0.05, 0) is 104 Å². The lowest BCUT2D eigenvalue weighted by atomic mass is 9.42. The Morgan fingerprint density at radius 1 is 1.00 bits per heavy atom. The molecule has 0 aromatic heterocycles. The molecule has 4 saturated carbocycles. The second kappa shape index (κ2) is 14.6. The fourth-order valence-electron chi connectivity index (χ4n) is 9.56. The zero-order valence-corrected chi connectivity index (χ0v) is 25.2. The molecule has 1 amide bonds. The number of hydrogen-bond acceptors (Lipinski definition) is 4. The summed E-state index contributed by atoms with van der Waals surface area (Å²) >= 11 is 3.77. The van der Waals surface area contributed by atoms with Crippen molar-refractivity contribution < 1.29 is 9.53 Å². The summed E-state index contributed by atoms with van der Waals surface area (Å²) in [5.74, 6) is 7.91. The van der Waals surface area contributed by atoms with E-state index in [0.717, 1.165) is 35.5 Å². The highest BCUT2D eigenvalue weighted by molar-refractivity contribution is 7.78. The number of ether oxygens (including phenoxy) is 1. The van der Waals surface area contributed by atoms with Crippen molar-refractivity contribution in [3.8, 4) is 12.3 Å². The Morgan fingerprint density at radius 2 is 1.76 bits per heavy atom. The van der Waals surface area contributed by atoms with E-state index in [-0.39, 0.29) is 0 Å². The fourth-order valence-corrected chi connectivity index (χ4v) is 9.65. The molecular formula is C32H56N2O2S. The van der Waals surface area contributed by atoms with Crippen LogP contribution < -0.4 is 10.0 Å². The highest BCUT2D eigenvalue weighted by Gasteiger charge is 2.60. The van der Waals surface area contributed by atoms with E-state index in [1.165, 1.54) is 38.5 Å². The van der Waals surface area contributed by atoms with Crippen LogP contribution in [0.1, 0.15) is 111 Å². The van der Waals surface area contributed by atoms with E-state index in [9.17, 15) is 4.79 Å². The van der Waals surface area contributed by atoms with Gasteiger partial charge in [-0.1, -0.05) is 72.6 Å². The van der Waals surface area contributed by atoms with E-state index in [4.69, 9.17) is 11.2 Å². The first-order valence-electron chi connectivity index (χ1n) is 15.5. The molecule has 0 aliphatic heterocycles. The highest BCUT2D eigenvalue weighted by Crippen LogP contribution is 2.69. The summed E-state index contributed by atoms with van der Waals surface area (Å²) in [5, 5.41) is 2.47. The van der Waals surface area contributed by atoms with Crippen molar-refractivity contribution in [1.82, 2.24) is 10.0 Å². The maximum absolute atomic E-state index is 10.5. The van der Waals surface area contributed by atoms with Crippen molar-refractivity contribution in [2.45, 2.75) is 111 Å². The lowest BCUT2D eigenvalue weighted by Gasteiger charge is -2.62. The average molecular weight is 533 g/mol. The number of fused-ring (bicyclic) bond motifs is 5. The maximum Gasteiger partial charge on any atom is 0.295 e. The summed E-state index contributed by atoms with van der Waals surface area (Å²) in [6.07, 6.45) is 24.7. The van der Waals surface area contributed by atoms with Crippen LogP contribution in [0.25, 0.3) is 0 Å². The zero-order chi connectivity index (χ0) is 26.9. The van der Waals surface area contributed by atoms with Crippen LogP contribution in [0.3, 0.4) is 0 Å². The first kappa shape index (κ1) is 30.8. The summed E-state index contributed by atoms with van der Waals surface area (Å²) in [4.78, 5) is 10.5. The Bertz CT molecular complexity index is 754. The third-order valence-corrected chi connectivity index (χ3v) is 11.6. The van der Waals surface area contributed by atoms with Gasteiger partial charge in [0.05, 0.1) is 13.2 Å². The van der Waals surface area contributed by atoms with Gasteiger partial charge in [-0.15, -0.1) is 6.42 Å². The first-order valence-corrected chi connectivity index (χ1v) is 16.0. The van der Waals surface area contributed by atoms with Gasteiger partial charge in [-0.2, -0.15) is 0 Å². The predicted octanol–water partition coefficient (Wildman–Crippen LogP) is 7.05. The van der Waals surface area contributed by atoms with E-state index in [0.29, 0.717) is 37.1 Å². The van der Waals surface area contributed by atoms with Gasteiger partial charge >= 0.3 is 0 Å². The molecule has 4 fully saturated rings. The molecule has 0 radical (unpaired) electrons. The van der Waals surface area contributed by atoms with E-state index < -0.39 is 5.91 Å². The minimum atomic E-state index is -0.411. The van der Waals surface area contributed by atoms with Crippen molar-refractivity contribution in [2.24, 2.45) is 46.3 Å². The van der Waals surface area contributed by atoms with Crippen molar-refractivity contribution in [3.63, 3.8) is 0 Å². The van der Waals surface area contributed by atoms with Crippen LogP contribution in [0.2, 0.25) is 0 Å². The molecule has 0 saturated heterocycles. The molecule has 8 atom stereocenters. The molecule has 0 aromatic rings. The van der Waals surface area contributed by atoms with Crippen LogP contribution in [0.15, 0.2) is 0 Å². The van der Waals surface area contributed by atoms with E-state index >= 15 is 0 Å². The topological polar surface area (TPSA) is 50.4 Å². The van der Waals surface area contributed by atoms with Crippen molar-refractivity contribution in [3.05, 3.63) is 0 Å². The van der Waals surface area contributed by atoms with Gasteiger partial charge in [0.25, 0.3) is 5.91 Å². The SMILES string of the molecule is C#CC(=O)NCCOCCNS.CCCCC1CCC2C3C[C@H](CC)C4CCCCC4(C)[C@H]3CCC12C. The van der Waals surface area contributed by atoms with Gasteiger partial charge in [0.2, 0.25) is 0 Å². The largest absolute Gasteiger partial charge is 0.378 e. The summed E-state index contributed by atoms with van der Waals surface area (Å²) in [6, 6.07) is 0. The summed E-state index contributed by atoms with van der Waals surface area (Å²) < 4.78 is 7.70. The first-order chi connectivity index (χ1) is 17.9. The normalized spacial score (nSPS) is 38.3. The molecule has 4 aliphatic carbocycles. The number of amides is 1. The van der Waals surface area contributed by atoms with Gasteiger partial charge in [-0.3, -0.25) is 9.52 Å². The Kier molecular flexibility index (Phi) is 12.2. The van der Waals surface area contributed by atoms with Gasteiger partial charge in [-0.25, -0.2) is 0 Å². The van der Waals surface area contributed by atoms with Gasteiger partial charge in [0.1, 0.15) is 0 Å². The Morgan fingerprint density at radius 3 is 2.46 bits per heavy atom. The average Bonchev–Trinajstić information content (AvgIpc) is 3.25. The standard InChI is InChI=1S/C25H44.C7H12N2O2S/c1-5-7-10-19-12-13-22-20-17-18(6-2)21-11-8-9-15-25(21,4)23(20)14-16-24(19,22)3;1-2-7(10)8-3-5-11-6-4-9-12/h18-23H,5-17H2,1-4H3;1,9,12H,3-6H2,(H,8,10)/t18-,19?,20?,21?,22?,23-,24?,25?;/m0./s1. The third kappa shape index (κ3) is 7.09. The summed E-state index contributed by atoms with van der Waals surface area (Å²) in [7, 11) is 0. The predicted molar refractivity (Wildman–Crippen MR) is 158 cm³/mol. The molecule has 0 spiro atoms. The molecule has 0 aromatic carbocycles. The molecule has 0 heterocycles. The summed E-state index contributed by atoms with van der Waals surface area (Å²) in [5.41, 5.74) is 1.40. The molecule has 4 rings (SSSR count). The number of hydrogen-bond donors (Lipinski definition) is 3. The van der Waals surface area contributed by atoms with Gasteiger partial charge in [0.15, 0.2) is 0 Å². The molecule has 2 N–H and O–H groups in total. The lowest BCUT2D eigenvalue weighted by molar-refractivity contribution is -0.135. The zero-order valence-electron chi connectivity index (χ0n) is 24.3. The number of carbonyl (C=O) groups is 1. The molecule has 6 unspecified atom stereocenters. The second-order valence-corrected chi connectivity index (χ2v) is 13.3. The van der Waals surface area contributed by atoms with Gasteiger partial charge in [0, 0.05) is 13.1 Å². The number of unbranched alkanes of at least 4 members (excludes halogenated alkanes) is 1. The molecule has 0 bridgehead atoms. The van der Waals surface area contributed by atoms with Crippen LogP contribution in [0.5, 0.6) is 0 Å². The number of thiol groups is 1. The minimum absolute atomic E-state index is 0.411. The Labute approximate surface area is 234 Å². The van der Waals surface area contributed by atoms with E-state index in [2.05, 4.69) is 50.5 Å². The quantitative estimate of drug-likeness (QED) is 0.161. The molecule has 4 aliphatic rings.